The third-order valence-electron chi connectivity index (χ3n) is 4.96. The zero-order chi connectivity index (χ0) is 16.9. The van der Waals surface area contributed by atoms with Crippen molar-refractivity contribution in [1.82, 2.24) is 10.3 Å². The second-order valence-corrected chi connectivity index (χ2v) is 6.59. The van der Waals surface area contributed by atoms with Crippen molar-refractivity contribution in [3.05, 3.63) is 46.4 Å². The molecule has 128 valence electrons. The van der Waals surface area contributed by atoms with Crippen LogP contribution in [0.5, 0.6) is 0 Å². The number of nitrogens with one attached hydrogen (secondary N) is 2. The molecule has 1 amide bonds. The Bertz CT molecular complexity index is 769. The molecular formula is C19H24N2O3. The van der Waals surface area contributed by atoms with Crippen LogP contribution in [-0.2, 0) is 0 Å². The van der Waals surface area contributed by atoms with Crippen LogP contribution >= 0.6 is 0 Å². The average Bonchev–Trinajstić information content (AvgIpc) is 2.60. The first-order valence-corrected chi connectivity index (χ1v) is 8.73. The fourth-order valence-corrected chi connectivity index (χ4v) is 3.58. The fourth-order valence-electron chi connectivity index (χ4n) is 3.58. The molecule has 0 bridgehead atoms. The highest BCUT2D eigenvalue weighted by Gasteiger charge is 2.22. The monoisotopic (exact) mass is 328 g/mol. The first-order chi connectivity index (χ1) is 11.7. The van der Waals surface area contributed by atoms with Gasteiger partial charge in [-0.05, 0) is 37.7 Å². The molecule has 1 aliphatic rings. The molecule has 0 radical (unpaired) electrons. The largest absolute Gasteiger partial charge is 0.393 e. The Balaban J connectivity index is 1.58. The third-order valence-corrected chi connectivity index (χ3v) is 4.96. The van der Waals surface area contributed by atoms with E-state index in [1.807, 2.05) is 6.07 Å². The highest BCUT2D eigenvalue weighted by molar-refractivity contribution is 6.06. The van der Waals surface area contributed by atoms with Crippen LogP contribution in [0.15, 0.2) is 35.3 Å². The molecule has 3 rings (SSSR count). The molecule has 2 aromatic rings. The second kappa shape index (κ2) is 7.62. The predicted molar refractivity (Wildman–Crippen MR) is 94.1 cm³/mol. The number of H-pyrrole nitrogens is 1. The van der Waals surface area contributed by atoms with Crippen molar-refractivity contribution < 1.29 is 9.90 Å². The number of benzene rings is 1. The molecule has 1 heterocycles. The Labute approximate surface area is 141 Å². The number of aliphatic hydroxyl groups is 1. The molecule has 0 spiro atoms. The van der Waals surface area contributed by atoms with Crippen molar-refractivity contribution in [2.75, 3.05) is 6.54 Å². The number of carbonyl (C=O) groups is 1. The summed E-state index contributed by atoms with van der Waals surface area (Å²) in [7, 11) is 0. The standard InChI is InChI=1S/C19H24N2O3/c22-17-10-4-1-6-13(17)7-5-11-20-19(24)16-12-21-18(23)15-9-3-2-8-14(15)16/h2-3,8-9,12-13,17,22H,1,4-7,10-11H2,(H,20,24)(H,21,23)/t13-,17-/m0/s1. The SMILES string of the molecule is O=C(NCCC[C@@H]1CCCC[C@@H]1O)c1c[nH]c(=O)c2ccccc12. The van der Waals surface area contributed by atoms with Crippen molar-refractivity contribution in [3.8, 4) is 0 Å². The van der Waals surface area contributed by atoms with Gasteiger partial charge in [0.1, 0.15) is 0 Å². The summed E-state index contributed by atoms with van der Waals surface area (Å²) in [5, 5.41) is 14.1. The second-order valence-electron chi connectivity index (χ2n) is 6.59. The minimum atomic E-state index is -0.187. The number of aliphatic hydroxyl groups excluding tert-OH is 1. The van der Waals surface area contributed by atoms with Gasteiger partial charge in [0.15, 0.2) is 0 Å². The van der Waals surface area contributed by atoms with E-state index in [1.165, 1.54) is 12.6 Å². The zero-order valence-electron chi connectivity index (χ0n) is 13.8. The topological polar surface area (TPSA) is 82.2 Å². The number of amides is 1. The van der Waals surface area contributed by atoms with Gasteiger partial charge in [-0.25, -0.2) is 0 Å². The van der Waals surface area contributed by atoms with Crippen LogP contribution < -0.4 is 10.9 Å². The zero-order valence-corrected chi connectivity index (χ0v) is 13.8. The molecule has 5 heteroatoms. The minimum absolute atomic E-state index is 0.174. The number of rotatable bonds is 5. The maximum absolute atomic E-state index is 12.4. The van der Waals surface area contributed by atoms with Gasteiger partial charge in [0.2, 0.25) is 0 Å². The summed E-state index contributed by atoms with van der Waals surface area (Å²) in [5.74, 6) is 0.191. The third kappa shape index (κ3) is 3.67. The molecule has 0 aliphatic heterocycles. The summed E-state index contributed by atoms with van der Waals surface area (Å²) in [5.41, 5.74) is 0.302. The number of carbonyl (C=O) groups excluding carboxylic acids is 1. The van der Waals surface area contributed by atoms with E-state index in [4.69, 9.17) is 0 Å². The Morgan fingerprint density at radius 2 is 1.96 bits per heavy atom. The smallest absolute Gasteiger partial charge is 0.255 e. The molecule has 1 saturated carbocycles. The van der Waals surface area contributed by atoms with Crippen molar-refractivity contribution >= 4 is 16.7 Å². The summed E-state index contributed by atoms with van der Waals surface area (Å²) in [6, 6.07) is 7.12. The van der Waals surface area contributed by atoms with E-state index >= 15 is 0 Å². The van der Waals surface area contributed by atoms with E-state index in [0.717, 1.165) is 32.1 Å². The summed E-state index contributed by atoms with van der Waals surface area (Å²) < 4.78 is 0. The number of hydrogen-bond donors (Lipinski definition) is 3. The first-order valence-electron chi connectivity index (χ1n) is 8.73. The van der Waals surface area contributed by atoms with Crippen LogP contribution in [0.3, 0.4) is 0 Å². The quantitative estimate of drug-likeness (QED) is 0.738. The molecule has 24 heavy (non-hydrogen) atoms. The molecule has 1 aromatic heterocycles. The molecular weight excluding hydrogens is 304 g/mol. The Morgan fingerprint density at radius 1 is 1.21 bits per heavy atom. The summed E-state index contributed by atoms with van der Waals surface area (Å²) in [4.78, 5) is 26.8. The molecule has 3 N–H and O–H groups in total. The van der Waals surface area contributed by atoms with Gasteiger partial charge in [-0.2, -0.15) is 0 Å². The van der Waals surface area contributed by atoms with E-state index in [0.29, 0.717) is 28.8 Å². The number of pyridine rings is 1. The molecule has 5 nitrogen and oxygen atoms in total. The number of aromatic nitrogens is 1. The van der Waals surface area contributed by atoms with Crippen molar-refractivity contribution in [3.63, 3.8) is 0 Å². The normalized spacial score (nSPS) is 20.9. The van der Waals surface area contributed by atoms with Crippen molar-refractivity contribution in [2.45, 2.75) is 44.6 Å². The Hall–Kier alpha value is -2.14. The van der Waals surface area contributed by atoms with Gasteiger partial charge in [-0.1, -0.05) is 31.0 Å². The van der Waals surface area contributed by atoms with E-state index in [2.05, 4.69) is 10.3 Å². The van der Waals surface area contributed by atoms with Crippen LogP contribution in [0, 0.1) is 5.92 Å². The highest BCUT2D eigenvalue weighted by Crippen LogP contribution is 2.27. The Kier molecular flexibility index (Phi) is 5.30. The fraction of sp³-hybridized carbons (Fsp3) is 0.474. The first kappa shape index (κ1) is 16.7. The number of aromatic amines is 1. The Morgan fingerprint density at radius 3 is 2.75 bits per heavy atom. The predicted octanol–water partition coefficient (Wildman–Crippen LogP) is 2.59. The van der Waals surface area contributed by atoms with Crippen LogP contribution in [0.4, 0.5) is 0 Å². The van der Waals surface area contributed by atoms with Gasteiger partial charge in [0, 0.05) is 23.5 Å². The van der Waals surface area contributed by atoms with E-state index in [9.17, 15) is 14.7 Å². The van der Waals surface area contributed by atoms with Crippen LogP contribution in [0.1, 0.15) is 48.9 Å². The highest BCUT2D eigenvalue weighted by atomic mass is 16.3. The number of hydrogen-bond acceptors (Lipinski definition) is 3. The average molecular weight is 328 g/mol. The van der Waals surface area contributed by atoms with Gasteiger partial charge in [0.25, 0.3) is 11.5 Å². The lowest BCUT2D eigenvalue weighted by atomic mass is 9.83. The van der Waals surface area contributed by atoms with Gasteiger partial charge in [-0.15, -0.1) is 0 Å². The van der Waals surface area contributed by atoms with E-state index < -0.39 is 0 Å². The molecule has 1 aliphatic carbocycles. The van der Waals surface area contributed by atoms with E-state index in [-0.39, 0.29) is 17.6 Å². The maximum Gasteiger partial charge on any atom is 0.255 e. The van der Waals surface area contributed by atoms with Crippen LogP contribution in [-0.4, -0.2) is 28.6 Å². The summed E-state index contributed by atoms with van der Waals surface area (Å²) in [6.45, 7) is 0.579. The lowest BCUT2D eigenvalue weighted by Crippen LogP contribution is -2.28. The lowest BCUT2D eigenvalue weighted by Gasteiger charge is -2.27. The van der Waals surface area contributed by atoms with Crippen LogP contribution in [0.2, 0.25) is 0 Å². The minimum Gasteiger partial charge on any atom is -0.393 e. The lowest BCUT2D eigenvalue weighted by molar-refractivity contribution is 0.0641. The van der Waals surface area contributed by atoms with Gasteiger partial charge >= 0.3 is 0 Å². The van der Waals surface area contributed by atoms with Crippen LogP contribution in [0.25, 0.3) is 10.8 Å². The molecule has 2 atom stereocenters. The summed E-state index contributed by atoms with van der Waals surface area (Å²) in [6.07, 6.45) is 7.39. The van der Waals surface area contributed by atoms with Gasteiger partial charge < -0.3 is 15.4 Å². The van der Waals surface area contributed by atoms with Gasteiger partial charge in [-0.3, -0.25) is 9.59 Å². The maximum atomic E-state index is 12.4. The number of fused-ring (bicyclic) bond motifs is 1. The molecule has 0 unspecified atom stereocenters. The molecule has 0 saturated heterocycles. The van der Waals surface area contributed by atoms with Crippen molar-refractivity contribution in [2.24, 2.45) is 5.92 Å². The van der Waals surface area contributed by atoms with E-state index in [1.54, 1.807) is 18.2 Å². The van der Waals surface area contributed by atoms with Gasteiger partial charge in [0.05, 0.1) is 11.7 Å². The molecule has 1 fully saturated rings. The molecule has 1 aromatic carbocycles. The van der Waals surface area contributed by atoms with Crippen molar-refractivity contribution in [1.29, 1.82) is 0 Å². The summed E-state index contributed by atoms with van der Waals surface area (Å²) >= 11 is 0.